The Bertz CT molecular complexity index is 1100. The minimum absolute atomic E-state index is 0.0850. The Balaban J connectivity index is 1.29. The highest BCUT2D eigenvalue weighted by Crippen LogP contribution is 2.47. The third-order valence-corrected chi connectivity index (χ3v) is 5.91. The Kier molecular flexibility index (Phi) is 4.16. The van der Waals surface area contributed by atoms with Gasteiger partial charge in [0.25, 0.3) is 11.5 Å². The number of carbonyl (C=O) groups excluding carboxylic acids is 1. The smallest absolute Gasteiger partial charge is 0.255 e. The molecule has 1 N–H and O–H groups in total. The number of piperidine rings is 1. The number of likely N-dealkylation sites (tertiary alicyclic amines) is 1. The van der Waals surface area contributed by atoms with Crippen LogP contribution in [0.4, 0.5) is 5.95 Å². The quantitative estimate of drug-likeness (QED) is 0.741. The van der Waals surface area contributed by atoms with Crippen molar-refractivity contribution in [3.05, 3.63) is 76.8 Å². The highest BCUT2D eigenvalue weighted by Gasteiger charge is 2.57. The predicted octanol–water partition coefficient (Wildman–Crippen LogP) is 2.02. The Hall–Kier alpha value is -3.48. The van der Waals surface area contributed by atoms with Gasteiger partial charge in [-0.05, 0) is 24.3 Å². The molecule has 3 aromatic rings. The van der Waals surface area contributed by atoms with Crippen molar-refractivity contribution >= 4 is 11.9 Å². The number of pyridine rings is 1. The van der Waals surface area contributed by atoms with Crippen LogP contribution in [0.5, 0.6) is 0 Å². The summed E-state index contributed by atoms with van der Waals surface area (Å²) in [6.45, 7) is 1.46. The van der Waals surface area contributed by atoms with Crippen molar-refractivity contribution in [3.63, 3.8) is 0 Å². The summed E-state index contributed by atoms with van der Waals surface area (Å²) in [4.78, 5) is 35.6. The fraction of sp³-hybridized carbons (Fsp3) is 0.273. The Morgan fingerprint density at radius 2 is 1.76 bits per heavy atom. The molecule has 0 radical (unpaired) electrons. The molecule has 2 aromatic heterocycles. The zero-order chi connectivity index (χ0) is 20.0. The van der Waals surface area contributed by atoms with E-state index in [1.165, 1.54) is 10.6 Å². The molecule has 1 saturated heterocycles. The standard InChI is InChI=1S/C22H21N5O2/c1-26-19(28)11-18(14-7-9-23-10-8-14)24-22(26)25-20-16-12-27(13-17(16)20)21(29)15-5-3-2-4-6-15/h2-11,16-17,20H,12-13H2,1H3,(H,24,25)/t16-,17+,20-. The minimum atomic E-state index is -0.110. The number of amides is 1. The highest BCUT2D eigenvalue weighted by atomic mass is 16.2. The van der Waals surface area contributed by atoms with Crippen LogP contribution in [0, 0.1) is 11.8 Å². The van der Waals surface area contributed by atoms with Gasteiger partial charge in [0.05, 0.1) is 5.69 Å². The zero-order valence-corrected chi connectivity index (χ0v) is 16.0. The molecule has 1 saturated carbocycles. The number of benzene rings is 1. The minimum Gasteiger partial charge on any atom is -0.352 e. The summed E-state index contributed by atoms with van der Waals surface area (Å²) in [7, 11) is 1.72. The summed E-state index contributed by atoms with van der Waals surface area (Å²) in [6, 6.07) is 14.8. The van der Waals surface area contributed by atoms with E-state index in [0.717, 1.165) is 24.2 Å². The topological polar surface area (TPSA) is 80.1 Å². The number of nitrogens with one attached hydrogen (secondary N) is 1. The van der Waals surface area contributed by atoms with E-state index in [-0.39, 0.29) is 17.5 Å². The van der Waals surface area contributed by atoms with E-state index < -0.39 is 0 Å². The maximum atomic E-state index is 12.6. The van der Waals surface area contributed by atoms with E-state index in [2.05, 4.69) is 15.3 Å². The van der Waals surface area contributed by atoms with E-state index in [1.54, 1.807) is 19.4 Å². The number of hydrogen-bond donors (Lipinski definition) is 1. The molecule has 7 nitrogen and oxygen atoms in total. The largest absolute Gasteiger partial charge is 0.352 e. The molecular weight excluding hydrogens is 366 g/mol. The molecule has 7 heteroatoms. The van der Waals surface area contributed by atoms with Crippen molar-refractivity contribution in [2.24, 2.45) is 18.9 Å². The van der Waals surface area contributed by atoms with Gasteiger partial charge in [-0.1, -0.05) is 18.2 Å². The van der Waals surface area contributed by atoms with Gasteiger partial charge in [0, 0.05) is 67.6 Å². The summed E-state index contributed by atoms with van der Waals surface area (Å²) in [5, 5.41) is 3.43. The summed E-state index contributed by atoms with van der Waals surface area (Å²) in [6.07, 6.45) is 3.37. The van der Waals surface area contributed by atoms with Gasteiger partial charge >= 0.3 is 0 Å². The van der Waals surface area contributed by atoms with Gasteiger partial charge in [0.2, 0.25) is 5.95 Å². The SMILES string of the molecule is Cn1c(N[C@@H]2[C@@H]3CN(C(=O)c4ccccc4)C[C@@H]32)nc(-c2ccncc2)cc1=O. The molecule has 3 atom stereocenters. The van der Waals surface area contributed by atoms with Crippen molar-refractivity contribution in [1.82, 2.24) is 19.4 Å². The van der Waals surface area contributed by atoms with Crippen LogP contribution in [0.1, 0.15) is 10.4 Å². The molecule has 1 aliphatic carbocycles. The summed E-state index contributed by atoms with van der Waals surface area (Å²) in [5.74, 6) is 1.43. The van der Waals surface area contributed by atoms with Gasteiger partial charge in [-0.25, -0.2) is 4.98 Å². The van der Waals surface area contributed by atoms with Gasteiger partial charge in [0.15, 0.2) is 0 Å². The summed E-state index contributed by atoms with van der Waals surface area (Å²) >= 11 is 0. The van der Waals surface area contributed by atoms with Gasteiger partial charge in [-0.15, -0.1) is 0 Å². The number of aromatic nitrogens is 3. The first-order valence-electron chi connectivity index (χ1n) is 9.71. The molecule has 146 valence electrons. The lowest BCUT2D eigenvalue weighted by Gasteiger charge is -2.21. The number of anilines is 1. The lowest BCUT2D eigenvalue weighted by molar-refractivity contribution is 0.0774. The number of carbonyl (C=O) groups is 1. The molecular formula is C22H21N5O2. The van der Waals surface area contributed by atoms with E-state index in [4.69, 9.17) is 0 Å². The van der Waals surface area contributed by atoms with Crippen LogP contribution < -0.4 is 10.9 Å². The molecule has 29 heavy (non-hydrogen) atoms. The van der Waals surface area contributed by atoms with Gasteiger partial charge < -0.3 is 10.2 Å². The summed E-state index contributed by atoms with van der Waals surface area (Å²) < 4.78 is 1.53. The lowest BCUT2D eigenvalue weighted by atomic mass is 10.2. The highest BCUT2D eigenvalue weighted by molar-refractivity contribution is 5.94. The molecule has 0 bridgehead atoms. The van der Waals surface area contributed by atoms with Crippen LogP contribution in [0.15, 0.2) is 65.7 Å². The first kappa shape index (κ1) is 17.6. The van der Waals surface area contributed by atoms with Crippen LogP contribution in [0.25, 0.3) is 11.3 Å². The van der Waals surface area contributed by atoms with Gasteiger partial charge in [-0.2, -0.15) is 0 Å². The van der Waals surface area contributed by atoms with Crippen LogP contribution in [0.3, 0.4) is 0 Å². The first-order valence-corrected chi connectivity index (χ1v) is 9.71. The average molecular weight is 387 g/mol. The lowest BCUT2D eigenvalue weighted by Crippen LogP contribution is -2.34. The predicted molar refractivity (Wildman–Crippen MR) is 109 cm³/mol. The van der Waals surface area contributed by atoms with E-state index in [9.17, 15) is 9.59 Å². The van der Waals surface area contributed by atoms with Crippen molar-refractivity contribution < 1.29 is 4.79 Å². The molecule has 2 fully saturated rings. The van der Waals surface area contributed by atoms with E-state index >= 15 is 0 Å². The van der Waals surface area contributed by atoms with Crippen molar-refractivity contribution in [3.8, 4) is 11.3 Å². The molecule has 2 aliphatic rings. The Morgan fingerprint density at radius 3 is 2.45 bits per heavy atom. The normalized spacial score (nSPS) is 22.2. The fourth-order valence-corrected chi connectivity index (χ4v) is 4.16. The number of hydrogen-bond acceptors (Lipinski definition) is 5. The Labute approximate surface area is 168 Å². The van der Waals surface area contributed by atoms with E-state index in [1.807, 2.05) is 47.4 Å². The number of rotatable bonds is 4. The first-order chi connectivity index (χ1) is 14.1. The third kappa shape index (κ3) is 3.18. The maximum Gasteiger partial charge on any atom is 0.255 e. The molecule has 1 amide bonds. The fourth-order valence-electron chi connectivity index (χ4n) is 4.16. The van der Waals surface area contributed by atoms with Crippen molar-refractivity contribution in [2.75, 3.05) is 18.4 Å². The van der Waals surface area contributed by atoms with Crippen LogP contribution in [-0.4, -0.2) is 44.5 Å². The molecule has 0 unspecified atom stereocenters. The molecule has 5 rings (SSSR count). The van der Waals surface area contributed by atoms with Crippen LogP contribution in [0.2, 0.25) is 0 Å². The molecule has 0 spiro atoms. The maximum absolute atomic E-state index is 12.6. The third-order valence-electron chi connectivity index (χ3n) is 5.91. The second-order valence-corrected chi connectivity index (χ2v) is 7.67. The van der Waals surface area contributed by atoms with E-state index in [0.29, 0.717) is 23.5 Å². The average Bonchev–Trinajstić information content (AvgIpc) is 3.19. The van der Waals surface area contributed by atoms with Crippen molar-refractivity contribution in [1.29, 1.82) is 0 Å². The van der Waals surface area contributed by atoms with Crippen LogP contribution >= 0.6 is 0 Å². The second kappa shape index (κ2) is 6.84. The Morgan fingerprint density at radius 1 is 1.07 bits per heavy atom. The zero-order valence-electron chi connectivity index (χ0n) is 16.0. The molecule has 1 aliphatic heterocycles. The van der Waals surface area contributed by atoms with Crippen LogP contribution in [-0.2, 0) is 7.05 Å². The number of nitrogens with zero attached hydrogens (tertiary/aromatic N) is 4. The van der Waals surface area contributed by atoms with Crippen molar-refractivity contribution in [2.45, 2.75) is 6.04 Å². The second-order valence-electron chi connectivity index (χ2n) is 7.67. The molecule has 3 heterocycles. The van der Waals surface area contributed by atoms with Gasteiger partial charge in [-0.3, -0.25) is 19.1 Å². The summed E-state index contributed by atoms with van der Waals surface area (Å²) in [5.41, 5.74) is 2.11. The molecule has 1 aromatic carbocycles. The number of fused-ring (bicyclic) bond motifs is 1. The monoisotopic (exact) mass is 387 g/mol. The van der Waals surface area contributed by atoms with Gasteiger partial charge in [0.1, 0.15) is 0 Å².